The molecular weight excluding hydrogens is 426 g/mol. The molecule has 3 aromatic rings. The van der Waals surface area contributed by atoms with Crippen LogP contribution in [0.1, 0.15) is 23.6 Å². The molecule has 1 aliphatic rings. The fraction of sp³-hybridized carbons (Fsp3) is 0.0952. The minimum Gasteiger partial charge on any atom is -0.258 e. The Morgan fingerprint density at radius 1 is 1.00 bits per heavy atom. The molecule has 0 aliphatic carbocycles. The van der Waals surface area contributed by atoms with Crippen LogP contribution in [0.5, 0.6) is 0 Å². The maximum absolute atomic E-state index is 13.4. The maximum atomic E-state index is 13.4. The highest BCUT2D eigenvalue weighted by molar-refractivity contribution is 7.89. The Morgan fingerprint density at radius 2 is 1.70 bits per heavy atom. The third-order valence-electron chi connectivity index (χ3n) is 4.81. The first-order chi connectivity index (χ1) is 14.4. The Hall–Kier alpha value is -3.23. The van der Waals surface area contributed by atoms with E-state index in [9.17, 15) is 18.5 Å². The van der Waals surface area contributed by atoms with Crippen molar-refractivity contribution in [1.82, 2.24) is 4.41 Å². The topological polar surface area (TPSA) is 92.9 Å². The highest BCUT2D eigenvalue weighted by atomic mass is 35.5. The van der Waals surface area contributed by atoms with Gasteiger partial charge >= 0.3 is 0 Å². The van der Waals surface area contributed by atoms with E-state index in [0.29, 0.717) is 16.3 Å². The van der Waals surface area contributed by atoms with Gasteiger partial charge in [0.15, 0.2) is 0 Å². The molecule has 0 radical (unpaired) electrons. The Balaban J connectivity index is 1.86. The Bertz CT molecular complexity index is 1250. The fourth-order valence-electron chi connectivity index (χ4n) is 3.42. The Kier molecular flexibility index (Phi) is 5.27. The summed E-state index contributed by atoms with van der Waals surface area (Å²) in [5.41, 5.74) is 1.28. The van der Waals surface area contributed by atoms with Crippen molar-refractivity contribution in [2.75, 3.05) is 0 Å². The standard InChI is InChI=1S/C21H16ClN3O4S/c22-16-8-6-7-15(13-16)19-14-21(18-11-4-5-12-20(18)25(26)27)24(23-19)30(28,29)17-9-2-1-3-10-17/h1-13,21H,14H2/t21-/m0/s1. The smallest absolute Gasteiger partial charge is 0.258 e. The molecule has 3 aromatic carbocycles. The summed E-state index contributed by atoms with van der Waals surface area (Å²) < 4.78 is 27.7. The molecule has 7 nitrogen and oxygen atoms in total. The number of hydrogen-bond donors (Lipinski definition) is 0. The van der Waals surface area contributed by atoms with Gasteiger partial charge < -0.3 is 0 Å². The monoisotopic (exact) mass is 441 g/mol. The highest BCUT2D eigenvalue weighted by Gasteiger charge is 2.40. The van der Waals surface area contributed by atoms with E-state index in [1.165, 1.54) is 18.2 Å². The van der Waals surface area contributed by atoms with Crippen LogP contribution < -0.4 is 0 Å². The van der Waals surface area contributed by atoms with Crippen LogP contribution in [0.25, 0.3) is 0 Å². The zero-order valence-corrected chi connectivity index (χ0v) is 17.1. The summed E-state index contributed by atoms with van der Waals surface area (Å²) in [6, 6.07) is 20.1. The van der Waals surface area contributed by atoms with E-state index < -0.39 is 21.0 Å². The molecule has 30 heavy (non-hydrogen) atoms. The van der Waals surface area contributed by atoms with Crippen LogP contribution in [-0.2, 0) is 10.0 Å². The molecule has 0 saturated carbocycles. The van der Waals surface area contributed by atoms with Crippen LogP contribution in [0.15, 0.2) is 88.9 Å². The van der Waals surface area contributed by atoms with Crippen molar-refractivity contribution in [1.29, 1.82) is 0 Å². The number of hydrazone groups is 1. The van der Waals surface area contributed by atoms with Crippen molar-refractivity contribution in [3.05, 3.63) is 105 Å². The maximum Gasteiger partial charge on any atom is 0.279 e. The average Bonchev–Trinajstić information content (AvgIpc) is 3.21. The number of hydrogen-bond acceptors (Lipinski definition) is 5. The van der Waals surface area contributed by atoms with Gasteiger partial charge in [0.1, 0.15) is 6.04 Å². The molecule has 0 unspecified atom stereocenters. The summed E-state index contributed by atoms with van der Waals surface area (Å²) in [4.78, 5) is 11.1. The van der Waals surface area contributed by atoms with Gasteiger partial charge in [0.2, 0.25) is 0 Å². The van der Waals surface area contributed by atoms with Gasteiger partial charge in [-0.1, -0.05) is 54.1 Å². The molecule has 152 valence electrons. The van der Waals surface area contributed by atoms with Crippen molar-refractivity contribution >= 4 is 33.0 Å². The predicted octanol–water partition coefficient (Wildman–Crippen LogP) is 4.79. The van der Waals surface area contributed by atoms with E-state index in [1.54, 1.807) is 60.7 Å². The molecule has 0 amide bonds. The van der Waals surface area contributed by atoms with Crippen LogP contribution in [-0.4, -0.2) is 23.5 Å². The first-order valence-electron chi connectivity index (χ1n) is 9.04. The van der Waals surface area contributed by atoms with Gasteiger partial charge in [-0.15, -0.1) is 0 Å². The number of para-hydroxylation sites is 1. The van der Waals surface area contributed by atoms with Gasteiger partial charge in [-0.2, -0.15) is 17.9 Å². The van der Waals surface area contributed by atoms with Crippen LogP contribution in [0.2, 0.25) is 5.02 Å². The zero-order chi connectivity index (χ0) is 21.3. The van der Waals surface area contributed by atoms with Gasteiger partial charge in [0.05, 0.1) is 21.1 Å². The molecule has 9 heteroatoms. The van der Waals surface area contributed by atoms with E-state index in [0.717, 1.165) is 4.41 Å². The van der Waals surface area contributed by atoms with Crippen molar-refractivity contribution < 1.29 is 13.3 Å². The highest BCUT2D eigenvalue weighted by Crippen LogP contribution is 2.40. The van der Waals surface area contributed by atoms with Crippen molar-refractivity contribution in [2.24, 2.45) is 5.10 Å². The van der Waals surface area contributed by atoms with Gasteiger partial charge in [-0.25, -0.2) is 0 Å². The van der Waals surface area contributed by atoms with Gasteiger partial charge in [0, 0.05) is 17.5 Å². The fourth-order valence-corrected chi connectivity index (χ4v) is 5.06. The second-order valence-corrected chi connectivity index (χ2v) is 8.92. The molecule has 0 saturated heterocycles. The van der Waals surface area contributed by atoms with E-state index in [4.69, 9.17) is 11.6 Å². The number of benzene rings is 3. The number of nitrogens with zero attached hydrogens (tertiary/aromatic N) is 3. The molecule has 0 spiro atoms. The van der Waals surface area contributed by atoms with E-state index >= 15 is 0 Å². The Labute approximate surface area is 178 Å². The number of halogens is 1. The molecule has 0 N–H and O–H groups in total. The lowest BCUT2D eigenvalue weighted by atomic mass is 9.98. The van der Waals surface area contributed by atoms with Crippen molar-refractivity contribution in [3.63, 3.8) is 0 Å². The number of nitro benzene ring substituents is 1. The summed E-state index contributed by atoms with van der Waals surface area (Å²) in [5.74, 6) is 0. The normalized spacial score (nSPS) is 16.4. The summed E-state index contributed by atoms with van der Waals surface area (Å²) in [6.07, 6.45) is 0.178. The second kappa shape index (κ2) is 7.89. The first kappa shape index (κ1) is 20.1. The quantitative estimate of drug-likeness (QED) is 0.420. The lowest BCUT2D eigenvalue weighted by Gasteiger charge is -2.23. The zero-order valence-electron chi connectivity index (χ0n) is 15.6. The SMILES string of the molecule is O=[N+]([O-])c1ccccc1[C@@H]1CC(c2cccc(Cl)c2)=NN1S(=O)(=O)c1ccccc1. The minimum absolute atomic E-state index is 0.0599. The molecule has 0 bridgehead atoms. The molecule has 1 atom stereocenters. The van der Waals surface area contributed by atoms with Crippen molar-refractivity contribution in [3.8, 4) is 0 Å². The van der Waals surface area contributed by atoms with Crippen LogP contribution in [0.4, 0.5) is 5.69 Å². The average molecular weight is 442 g/mol. The van der Waals surface area contributed by atoms with Gasteiger partial charge in [-0.05, 0) is 35.9 Å². The minimum atomic E-state index is -4.04. The summed E-state index contributed by atoms with van der Waals surface area (Å²) in [7, 11) is -4.04. The van der Waals surface area contributed by atoms with Crippen LogP contribution >= 0.6 is 11.6 Å². The number of sulfonamides is 1. The third-order valence-corrected chi connectivity index (χ3v) is 6.74. The van der Waals surface area contributed by atoms with E-state index in [2.05, 4.69) is 5.10 Å². The first-order valence-corrected chi connectivity index (χ1v) is 10.9. The van der Waals surface area contributed by atoms with Crippen LogP contribution in [0.3, 0.4) is 0 Å². The van der Waals surface area contributed by atoms with Gasteiger partial charge in [0.25, 0.3) is 15.7 Å². The second-order valence-electron chi connectivity index (χ2n) is 6.68. The number of nitro groups is 1. The molecule has 0 fully saturated rings. The van der Waals surface area contributed by atoms with E-state index in [-0.39, 0.29) is 22.6 Å². The number of rotatable bonds is 5. The van der Waals surface area contributed by atoms with Crippen molar-refractivity contribution in [2.45, 2.75) is 17.4 Å². The molecule has 0 aromatic heterocycles. The van der Waals surface area contributed by atoms with Crippen LogP contribution in [0, 0.1) is 10.1 Å². The third kappa shape index (κ3) is 3.67. The summed E-state index contributed by atoms with van der Waals surface area (Å²) in [5, 5.41) is 16.5. The predicted molar refractivity (Wildman–Crippen MR) is 114 cm³/mol. The largest absolute Gasteiger partial charge is 0.279 e. The molecule has 1 heterocycles. The lowest BCUT2D eigenvalue weighted by Crippen LogP contribution is -2.27. The molecule has 4 rings (SSSR count). The van der Waals surface area contributed by atoms with Gasteiger partial charge in [-0.3, -0.25) is 10.1 Å². The molecule has 1 aliphatic heterocycles. The Morgan fingerprint density at radius 3 is 2.40 bits per heavy atom. The summed E-state index contributed by atoms with van der Waals surface area (Å²) in [6.45, 7) is 0. The molecular formula is C21H16ClN3O4S. The summed E-state index contributed by atoms with van der Waals surface area (Å²) >= 11 is 6.09. The lowest BCUT2D eigenvalue weighted by molar-refractivity contribution is -0.385. The van der Waals surface area contributed by atoms with E-state index in [1.807, 2.05) is 0 Å².